The van der Waals surface area contributed by atoms with Crippen molar-refractivity contribution in [1.29, 1.82) is 5.26 Å². The Labute approximate surface area is 140 Å². The maximum absolute atomic E-state index is 9.54. The molecule has 0 bridgehead atoms. The molecule has 23 heavy (non-hydrogen) atoms. The zero-order valence-electron chi connectivity index (χ0n) is 13.5. The maximum Gasteiger partial charge on any atom is 0.214 e. The Hall–Kier alpha value is -2.19. The standard InChI is InChI=1S/C18H20N4S/c1-3-5-7-16-21-22-15(12-19)17(20-18(22)23-16)14-10-8-13(6-4-2)9-11-14/h8-11H,3-7H2,1-2H3. The highest BCUT2D eigenvalue weighted by Gasteiger charge is 2.17. The fourth-order valence-corrected chi connectivity index (χ4v) is 3.57. The Bertz CT molecular complexity index is 836. The molecule has 0 saturated carbocycles. The number of nitrogens with zero attached hydrogens (tertiary/aromatic N) is 4. The Kier molecular flexibility index (Phi) is 4.73. The van der Waals surface area contributed by atoms with E-state index >= 15 is 0 Å². The van der Waals surface area contributed by atoms with E-state index in [1.54, 1.807) is 15.9 Å². The molecule has 0 atom stereocenters. The van der Waals surface area contributed by atoms with Crippen LogP contribution in [0.4, 0.5) is 0 Å². The number of fused-ring (bicyclic) bond motifs is 1. The topological polar surface area (TPSA) is 54.0 Å². The summed E-state index contributed by atoms with van der Waals surface area (Å²) < 4.78 is 1.70. The molecule has 3 aromatic rings. The van der Waals surface area contributed by atoms with Gasteiger partial charge < -0.3 is 0 Å². The quantitative estimate of drug-likeness (QED) is 0.664. The lowest BCUT2D eigenvalue weighted by atomic mass is 10.1. The molecule has 0 spiro atoms. The molecule has 0 unspecified atom stereocenters. The molecule has 0 aliphatic rings. The number of imidazole rings is 1. The van der Waals surface area contributed by atoms with Crippen molar-refractivity contribution in [2.75, 3.05) is 0 Å². The van der Waals surface area contributed by atoms with E-state index in [4.69, 9.17) is 0 Å². The number of rotatable bonds is 6. The van der Waals surface area contributed by atoms with Crippen LogP contribution >= 0.6 is 11.3 Å². The molecule has 0 aliphatic carbocycles. The van der Waals surface area contributed by atoms with Gasteiger partial charge in [-0.05, 0) is 18.4 Å². The van der Waals surface area contributed by atoms with Crippen LogP contribution in [0.25, 0.3) is 16.2 Å². The minimum atomic E-state index is 0.530. The monoisotopic (exact) mass is 324 g/mol. The van der Waals surface area contributed by atoms with Gasteiger partial charge in [0.2, 0.25) is 4.96 Å². The van der Waals surface area contributed by atoms with Crippen molar-refractivity contribution in [1.82, 2.24) is 14.6 Å². The van der Waals surface area contributed by atoms with E-state index in [1.807, 2.05) is 0 Å². The summed E-state index contributed by atoms with van der Waals surface area (Å²) in [5.41, 5.74) is 3.56. The third kappa shape index (κ3) is 3.13. The average molecular weight is 324 g/mol. The highest BCUT2D eigenvalue weighted by atomic mass is 32.1. The van der Waals surface area contributed by atoms with Crippen molar-refractivity contribution >= 4 is 16.3 Å². The van der Waals surface area contributed by atoms with Gasteiger partial charge >= 0.3 is 0 Å². The molecule has 0 aliphatic heterocycles. The van der Waals surface area contributed by atoms with Gasteiger partial charge in [-0.15, -0.1) is 0 Å². The predicted octanol–water partition coefficient (Wildman–Crippen LogP) is 4.62. The number of nitriles is 1. The SMILES string of the molecule is CCCCc1nn2c(C#N)c(-c3ccc(CCC)cc3)nc2s1. The molecule has 1 aromatic carbocycles. The van der Waals surface area contributed by atoms with Gasteiger partial charge in [0.25, 0.3) is 0 Å². The second kappa shape index (κ2) is 6.93. The van der Waals surface area contributed by atoms with E-state index in [0.29, 0.717) is 5.69 Å². The third-order valence-electron chi connectivity index (χ3n) is 3.86. The molecule has 2 aromatic heterocycles. The molecule has 3 rings (SSSR count). The van der Waals surface area contributed by atoms with Crippen molar-refractivity contribution < 1.29 is 0 Å². The van der Waals surface area contributed by atoms with E-state index in [1.165, 1.54) is 5.56 Å². The normalized spacial score (nSPS) is 11.0. The summed E-state index contributed by atoms with van der Waals surface area (Å²) in [5.74, 6) is 0. The zero-order valence-corrected chi connectivity index (χ0v) is 14.4. The van der Waals surface area contributed by atoms with Gasteiger partial charge in [0.05, 0.1) is 0 Å². The average Bonchev–Trinajstić information content (AvgIpc) is 3.11. The predicted molar refractivity (Wildman–Crippen MR) is 93.6 cm³/mol. The minimum Gasteiger partial charge on any atom is -0.216 e. The van der Waals surface area contributed by atoms with Gasteiger partial charge in [-0.3, -0.25) is 0 Å². The lowest BCUT2D eigenvalue weighted by Crippen LogP contribution is -1.93. The first-order valence-electron chi connectivity index (χ1n) is 8.14. The van der Waals surface area contributed by atoms with Crippen LogP contribution in [0.2, 0.25) is 0 Å². The van der Waals surface area contributed by atoms with Crippen LogP contribution < -0.4 is 0 Å². The summed E-state index contributed by atoms with van der Waals surface area (Å²) in [6.07, 6.45) is 5.42. The van der Waals surface area contributed by atoms with Gasteiger partial charge in [-0.2, -0.15) is 14.9 Å². The first-order valence-corrected chi connectivity index (χ1v) is 8.96. The summed E-state index contributed by atoms with van der Waals surface area (Å²) in [6.45, 7) is 4.34. The van der Waals surface area contributed by atoms with E-state index in [2.05, 4.69) is 54.3 Å². The van der Waals surface area contributed by atoms with Crippen LogP contribution in [-0.4, -0.2) is 14.6 Å². The van der Waals surface area contributed by atoms with Crippen LogP contribution in [0.1, 0.15) is 49.4 Å². The van der Waals surface area contributed by atoms with Gasteiger partial charge in [0.15, 0.2) is 5.69 Å². The second-order valence-electron chi connectivity index (χ2n) is 5.66. The molecular formula is C18H20N4S. The maximum atomic E-state index is 9.54. The Morgan fingerprint density at radius 2 is 1.91 bits per heavy atom. The van der Waals surface area contributed by atoms with Crippen LogP contribution in [0.5, 0.6) is 0 Å². The van der Waals surface area contributed by atoms with Crippen LogP contribution in [0.3, 0.4) is 0 Å². The fourth-order valence-electron chi connectivity index (χ4n) is 2.64. The fraction of sp³-hybridized carbons (Fsp3) is 0.389. The number of hydrogen-bond donors (Lipinski definition) is 0. The van der Waals surface area contributed by atoms with E-state index in [9.17, 15) is 5.26 Å². The van der Waals surface area contributed by atoms with Gasteiger partial charge in [0.1, 0.15) is 16.8 Å². The summed E-state index contributed by atoms with van der Waals surface area (Å²) in [6, 6.07) is 10.6. The van der Waals surface area contributed by atoms with Crippen molar-refractivity contribution in [2.45, 2.75) is 46.0 Å². The third-order valence-corrected chi connectivity index (χ3v) is 4.83. The summed E-state index contributed by atoms with van der Waals surface area (Å²) in [7, 11) is 0. The molecule has 5 heteroatoms. The largest absolute Gasteiger partial charge is 0.216 e. The van der Waals surface area contributed by atoms with Crippen molar-refractivity contribution in [3.63, 3.8) is 0 Å². The van der Waals surface area contributed by atoms with Crippen LogP contribution in [0, 0.1) is 11.3 Å². The lowest BCUT2D eigenvalue weighted by Gasteiger charge is -2.01. The van der Waals surface area contributed by atoms with E-state index in [0.717, 1.165) is 53.3 Å². The summed E-state index contributed by atoms with van der Waals surface area (Å²) in [4.78, 5) is 5.46. The first-order chi connectivity index (χ1) is 11.3. The molecule has 0 amide bonds. The number of aryl methyl sites for hydroxylation is 2. The summed E-state index contributed by atoms with van der Waals surface area (Å²) >= 11 is 1.58. The van der Waals surface area contributed by atoms with Crippen LogP contribution in [-0.2, 0) is 12.8 Å². The second-order valence-corrected chi connectivity index (χ2v) is 6.70. The van der Waals surface area contributed by atoms with Crippen LogP contribution in [0.15, 0.2) is 24.3 Å². The Balaban J connectivity index is 1.97. The molecule has 0 radical (unpaired) electrons. The van der Waals surface area contributed by atoms with Gasteiger partial charge in [0, 0.05) is 12.0 Å². The molecule has 118 valence electrons. The smallest absolute Gasteiger partial charge is 0.214 e. The Morgan fingerprint density at radius 3 is 2.57 bits per heavy atom. The summed E-state index contributed by atoms with van der Waals surface area (Å²) in [5, 5.41) is 15.2. The number of benzene rings is 1. The van der Waals surface area contributed by atoms with Crippen molar-refractivity contribution in [2.24, 2.45) is 0 Å². The lowest BCUT2D eigenvalue weighted by molar-refractivity contribution is 0.769. The number of aromatic nitrogens is 3. The minimum absolute atomic E-state index is 0.530. The molecule has 2 heterocycles. The highest BCUT2D eigenvalue weighted by Crippen LogP contribution is 2.27. The number of hydrogen-bond acceptors (Lipinski definition) is 4. The molecule has 0 saturated heterocycles. The van der Waals surface area contributed by atoms with Crippen molar-refractivity contribution in [3.05, 3.63) is 40.5 Å². The Morgan fingerprint density at radius 1 is 1.13 bits per heavy atom. The zero-order chi connectivity index (χ0) is 16.2. The van der Waals surface area contributed by atoms with E-state index < -0.39 is 0 Å². The molecule has 4 nitrogen and oxygen atoms in total. The molecule has 0 N–H and O–H groups in total. The molecular weight excluding hydrogens is 304 g/mol. The van der Waals surface area contributed by atoms with E-state index in [-0.39, 0.29) is 0 Å². The van der Waals surface area contributed by atoms with Gasteiger partial charge in [-0.25, -0.2) is 4.98 Å². The highest BCUT2D eigenvalue weighted by molar-refractivity contribution is 7.16. The number of unbranched alkanes of at least 4 members (excludes halogenated alkanes) is 1. The van der Waals surface area contributed by atoms with Crippen molar-refractivity contribution in [3.8, 4) is 17.3 Å². The molecule has 0 fully saturated rings. The first kappa shape index (κ1) is 15.7. The van der Waals surface area contributed by atoms with Gasteiger partial charge in [-0.1, -0.05) is 62.3 Å².